The third-order valence-corrected chi connectivity index (χ3v) is 3.33. The Labute approximate surface area is 127 Å². The van der Waals surface area contributed by atoms with Gasteiger partial charge in [-0.1, -0.05) is 56.5 Å². The Bertz CT molecular complexity index is 496. The van der Waals surface area contributed by atoms with Gasteiger partial charge in [0.1, 0.15) is 6.61 Å². The van der Waals surface area contributed by atoms with E-state index < -0.39 is 0 Å². The highest BCUT2D eigenvalue weighted by Gasteiger charge is 1.98. The largest absolute Gasteiger partial charge is 0.473 e. The summed E-state index contributed by atoms with van der Waals surface area (Å²) >= 11 is 0. The lowest BCUT2D eigenvalue weighted by Gasteiger charge is -2.08. The zero-order chi connectivity index (χ0) is 14.8. The van der Waals surface area contributed by atoms with Gasteiger partial charge in [-0.05, 0) is 18.1 Å². The zero-order valence-electron chi connectivity index (χ0n) is 12.7. The number of benzene rings is 1. The standard InChI is InChI=1S/C18H24N2O/c1-2-3-4-8-13-19-17-11-12-18(20-14-17)21-15-16-9-6-5-7-10-16/h5-7,9-12,14,19H,2-4,8,13,15H2,1H3. The quantitative estimate of drug-likeness (QED) is 0.680. The number of hydrogen-bond acceptors (Lipinski definition) is 3. The summed E-state index contributed by atoms with van der Waals surface area (Å²) in [7, 11) is 0. The van der Waals surface area contributed by atoms with Crippen molar-refractivity contribution < 1.29 is 4.74 Å². The molecule has 3 nitrogen and oxygen atoms in total. The van der Waals surface area contributed by atoms with Gasteiger partial charge in [0.05, 0.1) is 11.9 Å². The number of nitrogens with zero attached hydrogens (tertiary/aromatic N) is 1. The molecule has 0 aliphatic rings. The van der Waals surface area contributed by atoms with Gasteiger partial charge in [-0.15, -0.1) is 0 Å². The van der Waals surface area contributed by atoms with Crippen LogP contribution in [-0.4, -0.2) is 11.5 Å². The van der Waals surface area contributed by atoms with Crippen LogP contribution in [0, 0.1) is 0 Å². The normalized spacial score (nSPS) is 10.3. The van der Waals surface area contributed by atoms with Gasteiger partial charge < -0.3 is 10.1 Å². The third kappa shape index (κ3) is 5.86. The molecular formula is C18H24N2O. The van der Waals surface area contributed by atoms with Crippen LogP contribution < -0.4 is 10.1 Å². The van der Waals surface area contributed by atoms with E-state index in [1.54, 1.807) is 0 Å². The maximum absolute atomic E-state index is 5.67. The van der Waals surface area contributed by atoms with E-state index in [-0.39, 0.29) is 0 Å². The van der Waals surface area contributed by atoms with Gasteiger partial charge in [0.2, 0.25) is 5.88 Å². The topological polar surface area (TPSA) is 34.1 Å². The minimum absolute atomic E-state index is 0.553. The Morgan fingerprint density at radius 3 is 2.57 bits per heavy atom. The molecule has 112 valence electrons. The van der Waals surface area contributed by atoms with Crippen LogP contribution in [0.1, 0.15) is 38.2 Å². The highest BCUT2D eigenvalue weighted by molar-refractivity contribution is 5.41. The molecule has 0 bridgehead atoms. The molecule has 1 N–H and O–H groups in total. The zero-order valence-corrected chi connectivity index (χ0v) is 12.7. The minimum atomic E-state index is 0.553. The fourth-order valence-corrected chi connectivity index (χ4v) is 2.09. The Morgan fingerprint density at radius 1 is 1.00 bits per heavy atom. The van der Waals surface area contributed by atoms with E-state index in [1.165, 1.54) is 25.7 Å². The number of nitrogens with one attached hydrogen (secondary N) is 1. The van der Waals surface area contributed by atoms with Crippen LogP contribution in [0.15, 0.2) is 48.7 Å². The average Bonchev–Trinajstić information content (AvgIpc) is 2.55. The number of hydrogen-bond donors (Lipinski definition) is 1. The van der Waals surface area contributed by atoms with Crippen molar-refractivity contribution in [3.05, 3.63) is 54.2 Å². The Hall–Kier alpha value is -2.03. The summed E-state index contributed by atoms with van der Waals surface area (Å²) in [5, 5.41) is 3.39. The number of pyridine rings is 1. The molecule has 0 amide bonds. The summed E-state index contributed by atoms with van der Waals surface area (Å²) in [6, 6.07) is 14.1. The van der Waals surface area contributed by atoms with E-state index in [0.29, 0.717) is 12.5 Å². The van der Waals surface area contributed by atoms with Crippen molar-refractivity contribution in [1.29, 1.82) is 0 Å². The number of aromatic nitrogens is 1. The Balaban J connectivity index is 1.71. The van der Waals surface area contributed by atoms with E-state index in [2.05, 4.69) is 17.2 Å². The van der Waals surface area contributed by atoms with Gasteiger partial charge in [0, 0.05) is 12.6 Å². The molecule has 0 aliphatic carbocycles. The summed E-state index contributed by atoms with van der Waals surface area (Å²) in [5.74, 6) is 0.662. The van der Waals surface area contributed by atoms with Crippen LogP contribution in [0.25, 0.3) is 0 Å². The number of anilines is 1. The van der Waals surface area contributed by atoms with E-state index in [1.807, 2.05) is 48.7 Å². The minimum Gasteiger partial charge on any atom is -0.473 e. The third-order valence-electron chi connectivity index (χ3n) is 3.33. The Morgan fingerprint density at radius 2 is 1.86 bits per heavy atom. The predicted octanol–water partition coefficient (Wildman–Crippen LogP) is 4.65. The highest BCUT2D eigenvalue weighted by atomic mass is 16.5. The van der Waals surface area contributed by atoms with Crippen molar-refractivity contribution in [2.75, 3.05) is 11.9 Å². The Kier molecular flexibility index (Phi) is 6.59. The van der Waals surface area contributed by atoms with Crippen LogP contribution in [0.3, 0.4) is 0 Å². The molecule has 0 spiro atoms. The van der Waals surface area contributed by atoms with Gasteiger partial charge in [-0.25, -0.2) is 4.98 Å². The van der Waals surface area contributed by atoms with Crippen LogP contribution >= 0.6 is 0 Å². The van der Waals surface area contributed by atoms with Crippen molar-refractivity contribution in [1.82, 2.24) is 4.98 Å². The number of unbranched alkanes of at least 4 members (excludes halogenated alkanes) is 3. The van der Waals surface area contributed by atoms with Gasteiger partial charge in [-0.2, -0.15) is 0 Å². The van der Waals surface area contributed by atoms with Crippen molar-refractivity contribution in [3.8, 4) is 5.88 Å². The fraction of sp³-hybridized carbons (Fsp3) is 0.389. The van der Waals surface area contributed by atoms with Crippen LogP contribution in [0.2, 0.25) is 0 Å². The maximum atomic E-state index is 5.67. The molecule has 0 fully saturated rings. The first-order chi connectivity index (χ1) is 10.4. The first-order valence-electron chi connectivity index (χ1n) is 7.75. The maximum Gasteiger partial charge on any atom is 0.213 e. The molecule has 0 radical (unpaired) electrons. The molecule has 1 aromatic heterocycles. The number of ether oxygens (including phenoxy) is 1. The molecule has 21 heavy (non-hydrogen) atoms. The van der Waals surface area contributed by atoms with Crippen molar-refractivity contribution >= 4 is 5.69 Å². The molecule has 3 heteroatoms. The second-order valence-electron chi connectivity index (χ2n) is 5.15. The van der Waals surface area contributed by atoms with E-state index in [0.717, 1.165) is 17.8 Å². The molecule has 0 atom stereocenters. The summed E-state index contributed by atoms with van der Waals surface area (Å²) in [6.07, 6.45) is 6.91. The number of rotatable bonds is 9. The predicted molar refractivity (Wildman–Crippen MR) is 87.6 cm³/mol. The molecule has 0 aliphatic heterocycles. The monoisotopic (exact) mass is 284 g/mol. The molecule has 1 aromatic carbocycles. The van der Waals surface area contributed by atoms with Crippen LogP contribution in [0.4, 0.5) is 5.69 Å². The summed E-state index contributed by atoms with van der Waals surface area (Å²) in [5.41, 5.74) is 2.20. The highest BCUT2D eigenvalue weighted by Crippen LogP contribution is 2.13. The molecule has 0 unspecified atom stereocenters. The van der Waals surface area contributed by atoms with E-state index in [4.69, 9.17) is 4.74 Å². The van der Waals surface area contributed by atoms with E-state index in [9.17, 15) is 0 Å². The lowest BCUT2D eigenvalue weighted by molar-refractivity contribution is 0.294. The molecule has 2 aromatic rings. The molecular weight excluding hydrogens is 260 g/mol. The van der Waals surface area contributed by atoms with Crippen LogP contribution in [-0.2, 0) is 6.61 Å². The van der Waals surface area contributed by atoms with Gasteiger partial charge in [-0.3, -0.25) is 0 Å². The molecule has 2 rings (SSSR count). The van der Waals surface area contributed by atoms with Gasteiger partial charge in [0.15, 0.2) is 0 Å². The van der Waals surface area contributed by atoms with Crippen LogP contribution in [0.5, 0.6) is 5.88 Å². The first kappa shape index (κ1) is 15.4. The van der Waals surface area contributed by atoms with Crippen molar-refractivity contribution in [3.63, 3.8) is 0 Å². The fourth-order valence-electron chi connectivity index (χ4n) is 2.09. The smallest absolute Gasteiger partial charge is 0.213 e. The van der Waals surface area contributed by atoms with Gasteiger partial charge >= 0.3 is 0 Å². The first-order valence-corrected chi connectivity index (χ1v) is 7.75. The van der Waals surface area contributed by atoms with E-state index >= 15 is 0 Å². The molecule has 0 saturated carbocycles. The summed E-state index contributed by atoms with van der Waals surface area (Å²) in [6.45, 7) is 3.79. The summed E-state index contributed by atoms with van der Waals surface area (Å²) < 4.78 is 5.67. The summed E-state index contributed by atoms with van der Waals surface area (Å²) in [4.78, 5) is 4.32. The van der Waals surface area contributed by atoms with Crippen molar-refractivity contribution in [2.24, 2.45) is 0 Å². The molecule has 0 saturated heterocycles. The average molecular weight is 284 g/mol. The molecule has 1 heterocycles. The second-order valence-corrected chi connectivity index (χ2v) is 5.15. The van der Waals surface area contributed by atoms with Crippen molar-refractivity contribution in [2.45, 2.75) is 39.2 Å². The van der Waals surface area contributed by atoms with Gasteiger partial charge in [0.25, 0.3) is 0 Å². The lowest BCUT2D eigenvalue weighted by Crippen LogP contribution is -2.02. The second kappa shape index (κ2) is 9.01. The lowest BCUT2D eigenvalue weighted by atomic mass is 10.2. The SMILES string of the molecule is CCCCCCNc1ccc(OCc2ccccc2)nc1.